The van der Waals surface area contributed by atoms with Gasteiger partial charge < -0.3 is 5.11 Å². The summed E-state index contributed by atoms with van der Waals surface area (Å²) in [6.45, 7) is 1.38. The molecule has 0 saturated carbocycles. The zero-order valence-electron chi connectivity index (χ0n) is 12.9. The highest BCUT2D eigenvalue weighted by atomic mass is 32.2. The molecule has 3 rings (SSSR count). The number of aliphatic hydroxyl groups excluding tert-OH is 1. The quantitative estimate of drug-likeness (QED) is 0.729. The lowest BCUT2D eigenvalue weighted by Crippen LogP contribution is -2.29. The number of aliphatic hydroxyl groups is 1. The highest BCUT2D eigenvalue weighted by Gasteiger charge is 2.20. The molecule has 24 heavy (non-hydrogen) atoms. The SMILES string of the molecule is Cc1cc(F)ccc1S(=O)(=O)NC[C@H](O)c1csc2ccccc12. The molecule has 1 heterocycles. The van der Waals surface area contributed by atoms with Crippen LogP contribution in [0.5, 0.6) is 0 Å². The second-order valence-electron chi connectivity index (χ2n) is 5.46. The Bertz CT molecular complexity index is 982. The second kappa shape index (κ2) is 6.60. The maximum Gasteiger partial charge on any atom is 0.240 e. The summed E-state index contributed by atoms with van der Waals surface area (Å²) in [7, 11) is -3.82. The minimum atomic E-state index is -3.82. The Morgan fingerprint density at radius 1 is 1.25 bits per heavy atom. The van der Waals surface area contributed by atoms with E-state index in [2.05, 4.69) is 4.72 Å². The molecule has 0 unspecified atom stereocenters. The van der Waals surface area contributed by atoms with Crippen LogP contribution < -0.4 is 4.72 Å². The van der Waals surface area contributed by atoms with Crippen LogP contribution in [0.4, 0.5) is 4.39 Å². The van der Waals surface area contributed by atoms with E-state index in [4.69, 9.17) is 0 Å². The van der Waals surface area contributed by atoms with Crippen LogP contribution >= 0.6 is 11.3 Å². The van der Waals surface area contributed by atoms with Gasteiger partial charge in [-0.2, -0.15) is 0 Å². The van der Waals surface area contributed by atoms with Crippen molar-refractivity contribution in [3.63, 3.8) is 0 Å². The van der Waals surface area contributed by atoms with E-state index in [1.54, 1.807) is 0 Å². The first-order valence-corrected chi connectivity index (χ1v) is 9.65. The Morgan fingerprint density at radius 3 is 2.75 bits per heavy atom. The first kappa shape index (κ1) is 17.0. The molecule has 3 aromatic rings. The van der Waals surface area contributed by atoms with Gasteiger partial charge in [0, 0.05) is 16.8 Å². The van der Waals surface area contributed by atoms with Crippen molar-refractivity contribution < 1.29 is 17.9 Å². The van der Waals surface area contributed by atoms with Gasteiger partial charge in [-0.05, 0) is 47.5 Å². The van der Waals surface area contributed by atoms with Crippen LogP contribution in [0.2, 0.25) is 0 Å². The van der Waals surface area contributed by atoms with Gasteiger partial charge in [-0.1, -0.05) is 18.2 Å². The van der Waals surface area contributed by atoms with Crippen molar-refractivity contribution in [2.75, 3.05) is 6.54 Å². The van der Waals surface area contributed by atoms with Crippen LogP contribution in [-0.4, -0.2) is 20.1 Å². The average Bonchev–Trinajstić information content (AvgIpc) is 2.96. The van der Waals surface area contributed by atoms with Crippen LogP contribution in [0.25, 0.3) is 10.1 Å². The smallest absolute Gasteiger partial charge is 0.240 e. The number of nitrogens with one attached hydrogen (secondary N) is 1. The van der Waals surface area contributed by atoms with E-state index in [0.717, 1.165) is 22.2 Å². The molecule has 7 heteroatoms. The van der Waals surface area contributed by atoms with Crippen molar-refractivity contribution in [3.05, 3.63) is 64.8 Å². The summed E-state index contributed by atoms with van der Waals surface area (Å²) in [5.74, 6) is -0.490. The van der Waals surface area contributed by atoms with E-state index >= 15 is 0 Å². The maximum atomic E-state index is 13.1. The third-order valence-electron chi connectivity index (χ3n) is 3.76. The molecular weight excluding hydrogens is 349 g/mol. The van der Waals surface area contributed by atoms with Gasteiger partial charge in [0.2, 0.25) is 10.0 Å². The molecule has 2 aromatic carbocycles. The Labute approximate surface area is 143 Å². The monoisotopic (exact) mass is 365 g/mol. The number of thiophene rings is 1. The summed E-state index contributed by atoms with van der Waals surface area (Å²) in [6.07, 6.45) is -0.961. The van der Waals surface area contributed by atoms with E-state index in [0.29, 0.717) is 11.1 Å². The molecule has 0 spiro atoms. The fraction of sp³-hybridized carbons (Fsp3) is 0.176. The van der Waals surface area contributed by atoms with Gasteiger partial charge in [0.25, 0.3) is 0 Å². The fourth-order valence-electron chi connectivity index (χ4n) is 2.55. The van der Waals surface area contributed by atoms with Gasteiger partial charge in [0.05, 0.1) is 11.0 Å². The highest BCUT2D eigenvalue weighted by Crippen LogP contribution is 2.30. The average molecular weight is 365 g/mol. The first-order valence-electron chi connectivity index (χ1n) is 7.28. The number of aryl methyl sites for hydroxylation is 1. The Kier molecular flexibility index (Phi) is 4.69. The predicted octanol–water partition coefficient (Wildman–Crippen LogP) is 3.36. The molecule has 2 N–H and O–H groups in total. The van der Waals surface area contributed by atoms with E-state index in [9.17, 15) is 17.9 Å². The van der Waals surface area contributed by atoms with Crippen molar-refractivity contribution >= 4 is 31.4 Å². The Balaban J connectivity index is 1.79. The first-order chi connectivity index (χ1) is 11.4. The van der Waals surface area contributed by atoms with Gasteiger partial charge in [0.15, 0.2) is 0 Å². The van der Waals surface area contributed by atoms with Crippen LogP contribution in [0.15, 0.2) is 52.7 Å². The molecule has 0 amide bonds. The molecule has 0 radical (unpaired) electrons. The largest absolute Gasteiger partial charge is 0.387 e. The summed E-state index contributed by atoms with van der Waals surface area (Å²) < 4.78 is 41.3. The van der Waals surface area contributed by atoms with Gasteiger partial charge >= 0.3 is 0 Å². The summed E-state index contributed by atoms with van der Waals surface area (Å²) in [4.78, 5) is 0.00581. The summed E-state index contributed by atoms with van der Waals surface area (Å²) in [6, 6.07) is 11.1. The van der Waals surface area contributed by atoms with Crippen molar-refractivity contribution in [2.45, 2.75) is 17.9 Å². The number of halogens is 1. The standard InChI is InChI=1S/C17H16FNO3S2/c1-11-8-12(18)6-7-17(11)24(21,22)19-9-15(20)14-10-23-16-5-3-2-4-13(14)16/h2-8,10,15,19-20H,9H2,1H3/t15-/m0/s1. The Morgan fingerprint density at radius 2 is 2.00 bits per heavy atom. The molecule has 1 atom stereocenters. The lowest BCUT2D eigenvalue weighted by atomic mass is 10.1. The molecule has 126 valence electrons. The molecule has 4 nitrogen and oxygen atoms in total. The molecular formula is C17H16FNO3S2. The lowest BCUT2D eigenvalue weighted by Gasteiger charge is -2.13. The second-order valence-corrected chi connectivity index (χ2v) is 8.11. The fourth-order valence-corrected chi connectivity index (χ4v) is 4.82. The number of sulfonamides is 1. The third kappa shape index (κ3) is 3.34. The van der Waals surface area contributed by atoms with Gasteiger partial charge in [0.1, 0.15) is 5.82 Å². The number of hydrogen-bond donors (Lipinski definition) is 2. The predicted molar refractivity (Wildman–Crippen MR) is 93.1 cm³/mol. The molecule has 0 aliphatic rings. The summed E-state index contributed by atoms with van der Waals surface area (Å²) in [5.41, 5.74) is 1.01. The molecule has 1 aromatic heterocycles. The topological polar surface area (TPSA) is 66.4 Å². The van der Waals surface area contributed by atoms with Crippen LogP contribution in [0.3, 0.4) is 0 Å². The third-order valence-corrected chi connectivity index (χ3v) is 6.33. The zero-order chi connectivity index (χ0) is 17.3. The van der Waals surface area contributed by atoms with Crippen molar-refractivity contribution in [1.82, 2.24) is 4.72 Å². The van der Waals surface area contributed by atoms with Crippen molar-refractivity contribution in [3.8, 4) is 0 Å². The van der Waals surface area contributed by atoms with E-state index < -0.39 is 21.9 Å². The zero-order valence-corrected chi connectivity index (χ0v) is 14.5. The van der Waals surface area contributed by atoms with E-state index in [-0.39, 0.29) is 11.4 Å². The Hall–Kier alpha value is -1.80. The normalized spacial score (nSPS) is 13.3. The van der Waals surface area contributed by atoms with Gasteiger partial charge in [-0.15, -0.1) is 11.3 Å². The van der Waals surface area contributed by atoms with E-state index in [1.165, 1.54) is 24.3 Å². The van der Waals surface area contributed by atoms with Crippen molar-refractivity contribution in [1.29, 1.82) is 0 Å². The minimum absolute atomic E-state index is 0.00581. The molecule has 0 fully saturated rings. The minimum Gasteiger partial charge on any atom is -0.387 e. The number of fused-ring (bicyclic) bond motifs is 1. The molecule has 0 aliphatic carbocycles. The van der Waals surface area contributed by atoms with Crippen LogP contribution in [0.1, 0.15) is 17.2 Å². The van der Waals surface area contributed by atoms with Gasteiger partial charge in [-0.25, -0.2) is 17.5 Å². The van der Waals surface area contributed by atoms with Gasteiger partial charge in [-0.3, -0.25) is 0 Å². The van der Waals surface area contributed by atoms with Crippen LogP contribution in [0, 0.1) is 12.7 Å². The lowest BCUT2D eigenvalue weighted by molar-refractivity contribution is 0.184. The summed E-state index contributed by atoms with van der Waals surface area (Å²) in [5, 5.41) is 13.1. The van der Waals surface area contributed by atoms with Crippen LogP contribution in [-0.2, 0) is 10.0 Å². The maximum absolute atomic E-state index is 13.1. The van der Waals surface area contributed by atoms with E-state index in [1.807, 2.05) is 29.6 Å². The molecule has 0 saturated heterocycles. The molecule has 0 bridgehead atoms. The van der Waals surface area contributed by atoms with Crippen molar-refractivity contribution in [2.24, 2.45) is 0 Å². The number of benzene rings is 2. The number of rotatable bonds is 5. The highest BCUT2D eigenvalue weighted by molar-refractivity contribution is 7.89. The number of hydrogen-bond acceptors (Lipinski definition) is 4. The summed E-state index contributed by atoms with van der Waals surface area (Å²) >= 11 is 1.50. The molecule has 0 aliphatic heterocycles.